The maximum absolute atomic E-state index is 13.9. The van der Waals surface area contributed by atoms with Gasteiger partial charge in [0.15, 0.2) is 12.7 Å². The second kappa shape index (κ2) is 7.81. The van der Waals surface area contributed by atoms with Crippen molar-refractivity contribution in [3.63, 3.8) is 0 Å². The van der Waals surface area contributed by atoms with E-state index in [1.807, 2.05) is 18.2 Å². The minimum atomic E-state index is -0.251. The van der Waals surface area contributed by atoms with E-state index in [0.29, 0.717) is 44.1 Å². The zero-order valence-electron chi connectivity index (χ0n) is 18.1. The number of methoxy groups -OCH3 is 1. The molecule has 0 radical (unpaired) electrons. The average Bonchev–Trinajstić information content (AvgIpc) is 3.44. The second-order valence-electron chi connectivity index (χ2n) is 8.30. The molecular formula is C25H19N3O5S. The maximum atomic E-state index is 13.9. The number of rotatable bonds is 6. The minimum absolute atomic E-state index is 0.138. The van der Waals surface area contributed by atoms with Crippen molar-refractivity contribution in [2.24, 2.45) is 0 Å². The van der Waals surface area contributed by atoms with E-state index in [-0.39, 0.29) is 23.4 Å². The Morgan fingerprint density at radius 3 is 2.85 bits per heavy atom. The van der Waals surface area contributed by atoms with Crippen molar-refractivity contribution in [1.29, 1.82) is 0 Å². The number of ether oxygens (including phenoxy) is 1. The third-order valence-electron chi connectivity index (χ3n) is 6.21. The number of carbonyl (C=O) groups is 1. The van der Waals surface area contributed by atoms with Gasteiger partial charge in [-0.3, -0.25) is 14.2 Å². The first-order chi connectivity index (χ1) is 16.6. The first-order valence-electron chi connectivity index (χ1n) is 10.8. The number of fused-ring (bicyclic) bond motifs is 3. The molecule has 1 aliphatic rings. The van der Waals surface area contributed by atoms with Gasteiger partial charge in [-0.05, 0) is 48.6 Å². The van der Waals surface area contributed by atoms with Crippen LogP contribution in [0.4, 0.5) is 0 Å². The summed E-state index contributed by atoms with van der Waals surface area (Å²) in [5.41, 5.74) is 1.87. The molecule has 0 bridgehead atoms. The van der Waals surface area contributed by atoms with Crippen molar-refractivity contribution < 1.29 is 19.1 Å². The van der Waals surface area contributed by atoms with Gasteiger partial charge in [0.2, 0.25) is 0 Å². The van der Waals surface area contributed by atoms with Crippen LogP contribution in [0.5, 0.6) is 11.5 Å². The summed E-state index contributed by atoms with van der Waals surface area (Å²) in [6.45, 7) is 0.156. The fourth-order valence-electron chi connectivity index (χ4n) is 4.35. The van der Waals surface area contributed by atoms with E-state index in [2.05, 4.69) is 4.98 Å². The summed E-state index contributed by atoms with van der Waals surface area (Å²) in [5, 5.41) is 11.6. The number of hydrogen-bond acceptors (Lipinski definition) is 8. The van der Waals surface area contributed by atoms with E-state index < -0.39 is 0 Å². The quantitative estimate of drug-likeness (QED) is 0.356. The third kappa shape index (κ3) is 3.19. The summed E-state index contributed by atoms with van der Waals surface area (Å²) in [4.78, 5) is 34.6. The molecule has 34 heavy (non-hydrogen) atoms. The Balaban J connectivity index is 1.68. The summed E-state index contributed by atoms with van der Waals surface area (Å²) in [7, 11) is 1.63. The Kier molecular flexibility index (Phi) is 4.73. The van der Waals surface area contributed by atoms with Gasteiger partial charge in [-0.2, -0.15) is 0 Å². The predicted molar refractivity (Wildman–Crippen MR) is 128 cm³/mol. The second-order valence-corrected chi connectivity index (χ2v) is 9.30. The lowest BCUT2D eigenvalue weighted by Gasteiger charge is -2.15. The van der Waals surface area contributed by atoms with Gasteiger partial charge in [0.1, 0.15) is 27.9 Å². The van der Waals surface area contributed by atoms with Crippen LogP contribution in [0.25, 0.3) is 31.7 Å². The highest BCUT2D eigenvalue weighted by atomic mass is 32.1. The Bertz CT molecular complexity index is 1630. The van der Waals surface area contributed by atoms with Crippen molar-refractivity contribution in [2.75, 3.05) is 7.11 Å². The highest BCUT2D eigenvalue weighted by Crippen LogP contribution is 2.46. The number of oxazole rings is 1. The first kappa shape index (κ1) is 20.6. The van der Waals surface area contributed by atoms with Crippen LogP contribution in [-0.2, 0) is 6.54 Å². The van der Waals surface area contributed by atoms with E-state index in [0.717, 1.165) is 29.7 Å². The van der Waals surface area contributed by atoms with Crippen molar-refractivity contribution in [1.82, 2.24) is 14.5 Å². The van der Waals surface area contributed by atoms with Crippen molar-refractivity contribution in [2.45, 2.75) is 25.3 Å². The molecule has 5 aromatic rings. The van der Waals surface area contributed by atoms with E-state index in [9.17, 15) is 14.7 Å². The summed E-state index contributed by atoms with van der Waals surface area (Å²) >= 11 is 1.20. The van der Waals surface area contributed by atoms with E-state index in [1.165, 1.54) is 23.8 Å². The molecule has 0 atom stereocenters. The monoisotopic (exact) mass is 473 g/mol. The van der Waals surface area contributed by atoms with E-state index in [4.69, 9.17) is 14.1 Å². The van der Waals surface area contributed by atoms with Crippen LogP contribution in [0.3, 0.4) is 0 Å². The van der Waals surface area contributed by atoms with Crippen LogP contribution >= 0.6 is 11.3 Å². The van der Waals surface area contributed by atoms with Gasteiger partial charge in [-0.15, -0.1) is 11.3 Å². The van der Waals surface area contributed by atoms with Gasteiger partial charge in [-0.1, -0.05) is 6.07 Å². The molecule has 3 heterocycles. The Morgan fingerprint density at radius 1 is 1.29 bits per heavy atom. The summed E-state index contributed by atoms with van der Waals surface area (Å²) in [5.74, 6) is 2.04. The number of aromatic hydroxyl groups is 1. The summed E-state index contributed by atoms with van der Waals surface area (Å²) in [6, 6.07) is 9.01. The highest BCUT2D eigenvalue weighted by Gasteiger charge is 2.29. The fourth-order valence-corrected chi connectivity index (χ4v) is 5.47. The normalized spacial score (nSPS) is 13.6. The molecule has 1 saturated carbocycles. The number of nitrogens with zero attached hydrogens (tertiary/aromatic N) is 3. The molecule has 0 unspecified atom stereocenters. The highest BCUT2D eigenvalue weighted by molar-refractivity contribution is 7.25. The number of phenols is 1. The zero-order valence-corrected chi connectivity index (χ0v) is 19.0. The van der Waals surface area contributed by atoms with E-state index >= 15 is 0 Å². The fraction of sp³-hybridized carbons (Fsp3) is 0.200. The molecule has 0 amide bonds. The molecule has 6 rings (SSSR count). The number of benzene rings is 2. The topological polar surface area (TPSA) is 107 Å². The molecule has 0 spiro atoms. The molecule has 0 saturated heterocycles. The van der Waals surface area contributed by atoms with Gasteiger partial charge in [0, 0.05) is 10.9 Å². The molecule has 1 fully saturated rings. The lowest BCUT2D eigenvalue weighted by molar-refractivity contribution is 0.112. The molecule has 1 N–H and O–H groups in total. The molecule has 9 heteroatoms. The van der Waals surface area contributed by atoms with Gasteiger partial charge < -0.3 is 14.3 Å². The van der Waals surface area contributed by atoms with Gasteiger partial charge in [-0.25, -0.2) is 9.97 Å². The van der Waals surface area contributed by atoms with E-state index in [1.54, 1.807) is 23.9 Å². The van der Waals surface area contributed by atoms with Gasteiger partial charge in [0.05, 0.1) is 35.5 Å². The minimum Gasteiger partial charge on any atom is -0.506 e. The average molecular weight is 474 g/mol. The molecule has 0 aliphatic heterocycles. The number of hydrogen-bond donors (Lipinski definition) is 1. The lowest BCUT2D eigenvalue weighted by atomic mass is 10.0. The Morgan fingerprint density at radius 2 is 2.15 bits per heavy atom. The Hall–Kier alpha value is -3.98. The molecular weight excluding hydrogens is 454 g/mol. The van der Waals surface area contributed by atoms with Crippen LogP contribution in [0, 0.1) is 0 Å². The van der Waals surface area contributed by atoms with Gasteiger partial charge >= 0.3 is 0 Å². The summed E-state index contributed by atoms with van der Waals surface area (Å²) < 4.78 is 12.9. The molecule has 2 aromatic carbocycles. The SMILES string of the molecule is COc1ccc(-c2nc3sc4c(O)c(C=O)ccc4c3c(=O)n2Cc2cnco2)c(C2CC2)c1. The molecule has 8 nitrogen and oxygen atoms in total. The predicted octanol–water partition coefficient (Wildman–Crippen LogP) is 4.72. The maximum Gasteiger partial charge on any atom is 0.263 e. The zero-order chi connectivity index (χ0) is 23.4. The van der Waals surface area contributed by atoms with Crippen molar-refractivity contribution in [3.05, 3.63) is 70.2 Å². The number of phenolic OH excluding ortho intramolecular Hbond substituents is 1. The molecule has 3 aromatic heterocycles. The molecule has 1 aliphatic carbocycles. The molecule has 170 valence electrons. The smallest absolute Gasteiger partial charge is 0.263 e. The number of thiophene rings is 1. The van der Waals surface area contributed by atoms with Crippen molar-refractivity contribution >= 4 is 37.9 Å². The number of aromatic nitrogens is 3. The standard InChI is InChI=1S/C25H19N3O5S/c1-32-15-5-7-17(19(8-15)13-2-3-13)23-27-24-20(25(31)28(23)10-16-9-26-12-33-16)18-6-4-14(11-29)21(30)22(18)34-24/h4-9,11-13,30H,2-3,10H2,1H3. The number of carbonyl (C=O) groups excluding carboxylic acids is 1. The Labute approximate surface area is 197 Å². The van der Waals surface area contributed by atoms with Crippen molar-refractivity contribution in [3.8, 4) is 22.9 Å². The van der Waals surface area contributed by atoms with Gasteiger partial charge in [0.25, 0.3) is 5.56 Å². The van der Waals surface area contributed by atoms with Crippen LogP contribution in [0.1, 0.15) is 40.4 Å². The largest absolute Gasteiger partial charge is 0.506 e. The summed E-state index contributed by atoms with van der Waals surface area (Å²) in [6.07, 6.45) is 5.64. The number of aldehydes is 1. The van der Waals surface area contributed by atoms with Crippen LogP contribution < -0.4 is 10.3 Å². The van der Waals surface area contributed by atoms with Crippen LogP contribution in [0.15, 0.2) is 52.1 Å². The third-order valence-corrected chi connectivity index (χ3v) is 7.31. The lowest BCUT2D eigenvalue weighted by Crippen LogP contribution is -2.24. The van der Waals surface area contributed by atoms with Crippen LogP contribution in [0.2, 0.25) is 0 Å². The first-order valence-corrected chi connectivity index (χ1v) is 11.6. The van der Waals surface area contributed by atoms with Crippen LogP contribution in [-0.4, -0.2) is 33.0 Å².